The average molecular weight is 609 g/mol. The Hall–Kier alpha value is -5.61. The molecule has 45 heavy (non-hydrogen) atoms. The lowest BCUT2D eigenvalue weighted by Crippen LogP contribution is -2.66. The zero-order chi connectivity index (χ0) is 31.8. The van der Waals surface area contributed by atoms with Gasteiger partial charge in [0.1, 0.15) is 12.2 Å². The van der Waals surface area contributed by atoms with E-state index in [1.165, 1.54) is 48.5 Å². The van der Waals surface area contributed by atoms with Gasteiger partial charge in [0.15, 0.2) is 18.0 Å². The van der Waals surface area contributed by atoms with Crippen molar-refractivity contribution in [3.63, 3.8) is 0 Å². The number of carbonyl (C=O) groups excluding carboxylic acids is 5. The van der Waals surface area contributed by atoms with Gasteiger partial charge in [-0.3, -0.25) is 4.79 Å². The van der Waals surface area contributed by atoms with E-state index in [9.17, 15) is 29.1 Å². The molecule has 4 atom stereocenters. The summed E-state index contributed by atoms with van der Waals surface area (Å²) in [4.78, 5) is 66.1. The van der Waals surface area contributed by atoms with Crippen LogP contribution in [0.1, 0.15) is 47.9 Å². The lowest BCUT2D eigenvalue weighted by atomic mass is 9.78. The van der Waals surface area contributed by atoms with E-state index in [1.807, 2.05) is 0 Å². The lowest BCUT2D eigenvalue weighted by molar-refractivity contribution is -0.200. The maximum absolute atomic E-state index is 13.6. The van der Waals surface area contributed by atoms with E-state index in [0.717, 1.165) is 0 Å². The molecule has 0 aromatic heterocycles. The van der Waals surface area contributed by atoms with E-state index < -0.39 is 66.6 Å². The number of rotatable bonds is 9. The number of carbonyl (C=O) groups is 5. The number of ether oxygens (including phenoxy) is 4. The highest BCUT2D eigenvalue weighted by Crippen LogP contribution is 2.35. The van der Waals surface area contributed by atoms with Crippen molar-refractivity contribution in [2.24, 2.45) is 0 Å². The van der Waals surface area contributed by atoms with Crippen LogP contribution in [0.4, 0.5) is 0 Å². The van der Waals surface area contributed by atoms with Gasteiger partial charge in [0.25, 0.3) is 0 Å². The summed E-state index contributed by atoms with van der Waals surface area (Å²) in [6.07, 6.45) is -6.22. The Morgan fingerprint density at radius 2 is 0.956 bits per heavy atom. The smallest absolute Gasteiger partial charge is 0.338 e. The monoisotopic (exact) mass is 608 g/mol. The molecule has 1 aliphatic rings. The third-order valence-corrected chi connectivity index (χ3v) is 7.13. The lowest BCUT2D eigenvalue weighted by Gasteiger charge is -2.44. The Morgan fingerprint density at radius 1 is 0.578 bits per heavy atom. The van der Waals surface area contributed by atoms with Crippen molar-refractivity contribution in [2.75, 3.05) is 6.61 Å². The fraction of sp³-hybridized carbons (Fsp3) is 0.171. The predicted octanol–water partition coefficient (Wildman–Crippen LogP) is 4.22. The van der Waals surface area contributed by atoms with Gasteiger partial charge in [-0.15, -0.1) is 0 Å². The van der Waals surface area contributed by atoms with Crippen LogP contribution < -0.4 is 0 Å². The number of ketones is 1. The molecule has 0 amide bonds. The zero-order valence-electron chi connectivity index (χ0n) is 23.8. The van der Waals surface area contributed by atoms with Gasteiger partial charge in [-0.05, 0) is 48.5 Å². The minimum atomic E-state index is -2.39. The predicted molar refractivity (Wildman–Crippen MR) is 158 cm³/mol. The van der Waals surface area contributed by atoms with Crippen molar-refractivity contribution in [1.29, 1.82) is 0 Å². The average Bonchev–Trinajstić information content (AvgIpc) is 3.08. The quantitative estimate of drug-likeness (QED) is 0.217. The molecule has 228 valence electrons. The molecule has 0 saturated heterocycles. The fourth-order valence-corrected chi connectivity index (χ4v) is 4.85. The van der Waals surface area contributed by atoms with Gasteiger partial charge >= 0.3 is 23.9 Å². The number of aliphatic hydroxyl groups is 1. The maximum atomic E-state index is 13.6. The number of hydrogen-bond donors (Lipinski definition) is 1. The van der Waals surface area contributed by atoms with Crippen molar-refractivity contribution in [1.82, 2.24) is 0 Å². The first-order chi connectivity index (χ1) is 21.7. The maximum Gasteiger partial charge on any atom is 0.338 e. The molecule has 10 nitrogen and oxygen atoms in total. The van der Waals surface area contributed by atoms with Crippen LogP contribution in [0.25, 0.3) is 0 Å². The number of benzene rings is 4. The summed E-state index contributed by atoms with van der Waals surface area (Å²) >= 11 is 0. The van der Waals surface area contributed by atoms with Gasteiger partial charge in [-0.1, -0.05) is 72.8 Å². The molecule has 10 heteroatoms. The van der Waals surface area contributed by atoms with Crippen molar-refractivity contribution in [3.05, 3.63) is 144 Å². The SMILES string of the molecule is O=C(OC[C@]1(O)CC(=O)[C@H](OC(=O)c2ccccc2)[C@@H](OC(=O)c2ccccc2)[C@@H]1OC(=O)c1ccccc1)c1ccccc1. The molecule has 0 unspecified atom stereocenters. The standard InChI is InChI=1S/C35H28O10/c36-27-21-35(41,22-42-31(37)23-13-5-1-6-14-23)30(45-34(40)26-19-11-4-12-20-26)29(44-33(39)25-17-9-3-10-18-25)28(27)43-32(38)24-15-7-2-8-16-24/h1-20,28-30,41H,21-22H2/t28-,29+,30-,35+/m0/s1. The normalized spacial score (nSPS) is 20.8. The summed E-state index contributed by atoms with van der Waals surface area (Å²) in [6.45, 7) is -0.821. The van der Waals surface area contributed by atoms with Crippen LogP contribution in [0.5, 0.6) is 0 Å². The summed E-state index contributed by atoms with van der Waals surface area (Å²) in [5.74, 6) is -4.46. The van der Waals surface area contributed by atoms with Crippen LogP contribution >= 0.6 is 0 Å². The summed E-state index contributed by atoms with van der Waals surface area (Å²) in [5, 5.41) is 11.9. The van der Waals surface area contributed by atoms with E-state index in [4.69, 9.17) is 18.9 Å². The number of esters is 4. The molecule has 0 spiro atoms. The molecule has 4 aromatic carbocycles. The van der Waals surface area contributed by atoms with Gasteiger partial charge in [-0.2, -0.15) is 0 Å². The number of Topliss-reactive ketones (excluding diaryl/α,β-unsaturated/α-hetero) is 1. The molecule has 1 N–H and O–H groups in total. The van der Waals surface area contributed by atoms with E-state index >= 15 is 0 Å². The van der Waals surface area contributed by atoms with Crippen LogP contribution in [-0.4, -0.2) is 65.3 Å². The van der Waals surface area contributed by atoms with Crippen LogP contribution in [0.15, 0.2) is 121 Å². The Kier molecular flexibility index (Phi) is 9.45. The highest BCUT2D eigenvalue weighted by atomic mass is 16.6. The Morgan fingerprint density at radius 3 is 1.40 bits per heavy atom. The summed E-state index contributed by atoms with van der Waals surface area (Å²) in [6, 6.07) is 31.3. The van der Waals surface area contributed by atoms with Gasteiger partial charge in [-0.25, -0.2) is 19.2 Å². The van der Waals surface area contributed by atoms with Crippen molar-refractivity contribution in [2.45, 2.75) is 30.3 Å². The highest BCUT2D eigenvalue weighted by molar-refractivity contribution is 5.95. The molecular weight excluding hydrogens is 580 g/mol. The Bertz CT molecular complexity index is 1660. The van der Waals surface area contributed by atoms with Crippen molar-refractivity contribution in [3.8, 4) is 0 Å². The Labute approximate surface area is 258 Å². The first-order valence-corrected chi connectivity index (χ1v) is 14.0. The summed E-state index contributed by atoms with van der Waals surface area (Å²) in [7, 11) is 0. The molecule has 4 aromatic rings. The topological polar surface area (TPSA) is 143 Å². The molecule has 5 rings (SSSR count). The van der Waals surface area contributed by atoms with Gasteiger partial charge in [0.2, 0.25) is 6.10 Å². The molecular formula is C35H28O10. The largest absolute Gasteiger partial charge is 0.459 e. The minimum Gasteiger partial charge on any atom is -0.459 e. The van der Waals surface area contributed by atoms with E-state index in [2.05, 4.69) is 0 Å². The molecule has 0 radical (unpaired) electrons. The molecule has 0 aliphatic heterocycles. The first kappa shape index (κ1) is 30.8. The van der Waals surface area contributed by atoms with Crippen LogP contribution in [-0.2, 0) is 23.7 Å². The van der Waals surface area contributed by atoms with E-state index in [1.54, 1.807) is 72.8 Å². The third kappa shape index (κ3) is 7.31. The van der Waals surface area contributed by atoms with Crippen LogP contribution in [0, 0.1) is 0 Å². The molecule has 1 saturated carbocycles. The summed E-state index contributed by atoms with van der Waals surface area (Å²) < 4.78 is 22.4. The fourth-order valence-electron chi connectivity index (χ4n) is 4.85. The third-order valence-electron chi connectivity index (χ3n) is 7.13. The molecule has 1 aliphatic carbocycles. The Balaban J connectivity index is 1.52. The first-order valence-electron chi connectivity index (χ1n) is 14.0. The van der Waals surface area contributed by atoms with Gasteiger partial charge in [0.05, 0.1) is 22.3 Å². The van der Waals surface area contributed by atoms with Crippen molar-refractivity contribution < 1.29 is 48.0 Å². The van der Waals surface area contributed by atoms with E-state index in [-0.39, 0.29) is 22.3 Å². The van der Waals surface area contributed by atoms with Crippen molar-refractivity contribution >= 4 is 29.7 Å². The van der Waals surface area contributed by atoms with Crippen LogP contribution in [0.2, 0.25) is 0 Å². The highest BCUT2D eigenvalue weighted by Gasteiger charge is 2.59. The second-order valence-corrected chi connectivity index (χ2v) is 10.3. The second-order valence-electron chi connectivity index (χ2n) is 10.3. The molecule has 0 bridgehead atoms. The van der Waals surface area contributed by atoms with Crippen LogP contribution in [0.3, 0.4) is 0 Å². The summed E-state index contributed by atoms with van der Waals surface area (Å²) in [5.41, 5.74) is -1.94. The molecule has 1 fully saturated rings. The minimum absolute atomic E-state index is 0.0795. The number of hydrogen-bond acceptors (Lipinski definition) is 10. The van der Waals surface area contributed by atoms with Gasteiger partial charge in [0, 0.05) is 6.42 Å². The molecule has 0 heterocycles. The zero-order valence-corrected chi connectivity index (χ0v) is 23.8. The van der Waals surface area contributed by atoms with Gasteiger partial charge < -0.3 is 24.1 Å². The second kappa shape index (κ2) is 13.8. The van der Waals surface area contributed by atoms with E-state index in [0.29, 0.717) is 0 Å².